The molecule has 3 rings (SSSR count). The predicted molar refractivity (Wildman–Crippen MR) is 67.0 cm³/mol. The molecule has 0 unspecified atom stereocenters. The maximum Gasteiger partial charge on any atom is 0.178 e. The number of fused-ring (bicyclic) bond motifs is 3. The number of rotatable bonds is 1. The Hall–Kier alpha value is -2.29. The monoisotopic (exact) mass is 222 g/mol. The van der Waals surface area contributed by atoms with Crippen molar-refractivity contribution in [1.82, 2.24) is 9.97 Å². The van der Waals surface area contributed by atoms with E-state index in [0.717, 1.165) is 21.8 Å². The van der Waals surface area contributed by atoms with E-state index < -0.39 is 0 Å². The Labute approximate surface area is 98.1 Å². The van der Waals surface area contributed by atoms with Crippen LogP contribution in [0.1, 0.15) is 17.4 Å². The first-order chi connectivity index (χ1) is 8.25. The van der Waals surface area contributed by atoms with Crippen molar-refractivity contribution in [3.63, 3.8) is 0 Å². The van der Waals surface area contributed by atoms with Gasteiger partial charge in [-0.15, -0.1) is 0 Å². The number of benzene rings is 1. The lowest BCUT2D eigenvalue weighted by atomic mass is 10.1. The van der Waals surface area contributed by atoms with Crippen LogP contribution < -0.4 is 0 Å². The molecule has 2 heterocycles. The second-order valence-corrected chi connectivity index (χ2v) is 3.96. The van der Waals surface area contributed by atoms with E-state index in [9.17, 15) is 4.79 Å². The summed E-state index contributed by atoms with van der Waals surface area (Å²) < 4.78 is 0. The van der Waals surface area contributed by atoms with Crippen molar-refractivity contribution in [2.45, 2.75) is 6.92 Å². The molecular weight excluding hydrogens is 212 g/mol. The van der Waals surface area contributed by atoms with Gasteiger partial charge in [-0.1, -0.05) is 12.1 Å². The summed E-state index contributed by atoms with van der Waals surface area (Å²) in [5, 5.41) is 2.00. The second-order valence-electron chi connectivity index (χ2n) is 3.96. The summed E-state index contributed by atoms with van der Waals surface area (Å²) in [6.07, 6.45) is 1.75. The van der Waals surface area contributed by atoms with Crippen LogP contribution in [0.4, 0.5) is 0 Å². The molecule has 0 aliphatic heterocycles. The van der Waals surface area contributed by atoms with E-state index in [2.05, 4.69) is 9.97 Å². The lowest BCUT2D eigenvalue weighted by molar-refractivity contribution is 0.101. The van der Waals surface area contributed by atoms with Gasteiger partial charge in [-0.05, 0) is 24.3 Å². The fraction of sp³-hybridized carbons (Fsp3) is 0.0714. The van der Waals surface area contributed by atoms with Gasteiger partial charge in [0.2, 0.25) is 0 Å². The van der Waals surface area contributed by atoms with E-state index in [1.807, 2.05) is 30.3 Å². The molecule has 0 fully saturated rings. The van der Waals surface area contributed by atoms with Crippen LogP contribution in [-0.2, 0) is 0 Å². The lowest BCUT2D eigenvalue weighted by Gasteiger charge is -2.03. The van der Waals surface area contributed by atoms with Gasteiger partial charge in [-0.3, -0.25) is 9.78 Å². The van der Waals surface area contributed by atoms with Crippen LogP contribution in [0.15, 0.2) is 42.6 Å². The molecule has 0 aliphatic carbocycles. The fourth-order valence-electron chi connectivity index (χ4n) is 1.94. The molecule has 0 bridgehead atoms. The molecule has 0 spiro atoms. The van der Waals surface area contributed by atoms with Crippen LogP contribution in [-0.4, -0.2) is 15.8 Å². The Morgan fingerprint density at radius 2 is 1.94 bits per heavy atom. The highest BCUT2D eigenvalue weighted by atomic mass is 16.1. The van der Waals surface area contributed by atoms with Gasteiger partial charge in [-0.25, -0.2) is 4.98 Å². The Bertz CT molecular complexity index is 734. The summed E-state index contributed by atoms with van der Waals surface area (Å²) in [5.41, 5.74) is 2.23. The van der Waals surface area contributed by atoms with Gasteiger partial charge >= 0.3 is 0 Å². The number of Topliss-reactive ketones (excluding diaryl/α,β-unsaturated/α-hetero) is 1. The number of ketones is 1. The number of hydrogen-bond donors (Lipinski definition) is 0. The Kier molecular flexibility index (Phi) is 2.11. The zero-order valence-electron chi connectivity index (χ0n) is 9.34. The summed E-state index contributed by atoms with van der Waals surface area (Å²) in [6.45, 7) is 1.53. The predicted octanol–water partition coefficient (Wildman–Crippen LogP) is 2.99. The van der Waals surface area contributed by atoms with Gasteiger partial charge in [0.1, 0.15) is 5.69 Å². The smallest absolute Gasteiger partial charge is 0.178 e. The molecule has 17 heavy (non-hydrogen) atoms. The molecule has 3 heteroatoms. The Morgan fingerprint density at radius 1 is 1.12 bits per heavy atom. The molecule has 0 aliphatic rings. The van der Waals surface area contributed by atoms with Gasteiger partial charge < -0.3 is 0 Å². The topological polar surface area (TPSA) is 42.9 Å². The minimum atomic E-state index is -0.0206. The number of nitrogens with zero attached hydrogens (tertiary/aromatic N) is 2. The second kappa shape index (κ2) is 3.63. The number of carbonyl (C=O) groups excluding carboxylic acids is 1. The van der Waals surface area contributed by atoms with Crippen LogP contribution in [0.3, 0.4) is 0 Å². The zero-order valence-corrected chi connectivity index (χ0v) is 9.34. The summed E-state index contributed by atoms with van der Waals surface area (Å²) in [6, 6.07) is 11.5. The average Bonchev–Trinajstić information content (AvgIpc) is 2.38. The van der Waals surface area contributed by atoms with Crippen molar-refractivity contribution >= 4 is 27.6 Å². The van der Waals surface area contributed by atoms with Crippen LogP contribution in [0.5, 0.6) is 0 Å². The van der Waals surface area contributed by atoms with E-state index in [1.165, 1.54) is 6.92 Å². The molecule has 0 atom stereocenters. The first kappa shape index (κ1) is 9.90. The SMILES string of the molecule is CC(=O)c1ccc2ccc3ncccc3c2n1. The van der Waals surface area contributed by atoms with Gasteiger partial charge in [-0.2, -0.15) is 0 Å². The molecular formula is C14H10N2O. The van der Waals surface area contributed by atoms with Gasteiger partial charge in [0.25, 0.3) is 0 Å². The first-order valence-corrected chi connectivity index (χ1v) is 5.41. The van der Waals surface area contributed by atoms with Crippen LogP contribution in [0, 0.1) is 0 Å². The highest BCUT2D eigenvalue weighted by Gasteiger charge is 2.06. The number of hydrogen-bond acceptors (Lipinski definition) is 3. The molecule has 0 saturated heterocycles. The molecule has 0 radical (unpaired) electrons. The number of carbonyl (C=O) groups is 1. The Morgan fingerprint density at radius 3 is 2.76 bits per heavy atom. The minimum absolute atomic E-state index is 0.0206. The lowest BCUT2D eigenvalue weighted by Crippen LogP contribution is -1.96. The van der Waals surface area contributed by atoms with Crippen LogP contribution in [0.25, 0.3) is 21.8 Å². The minimum Gasteiger partial charge on any atom is -0.293 e. The number of aromatic nitrogens is 2. The van der Waals surface area contributed by atoms with Crippen LogP contribution >= 0.6 is 0 Å². The molecule has 3 aromatic rings. The van der Waals surface area contributed by atoms with Crippen molar-refractivity contribution < 1.29 is 4.79 Å². The van der Waals surface area contributed by atoms with Gasteiger partial charge in [0.15, 0.2) is 5.78 Å². The quantitative estimate of drug-likeness (QED) is 0.469. The molecule has 3 nitrogen and oxygen atoms in total. The molecule has 82 valence electrons. The third-order valence-electron chi connectivity index (χ3n) is 2.80. The fourth-order valence-corrected chi connectivity index (χ4v) is 1.94. The summed E-state index contributed by atoms with van der Waals surface area (Å²) in [5.74, 6) is -0.0206. The third kappa shape index (κ3) is 1.56. The molecule has 0 saturated carbocycles. The molecule has 0 amide bonds. The summed E-state index contributed by atoms with van der Waals surface area (Å²) in [7, 11) is 0. The average molecular weight is 222 g/mol. The largest absolute Gasteiger partial charge is 0.293 e. The normalized spacial score (nSPS) is 10.9. The Balaban J connectivity index is 2.46. The maximum absolute atomic E-state index is 11.3. The van der Waals surface area contributed by atoms with E-state index in [4.69, 9.17) is 0 Å². The van der Waals surface area contributed by atoms with Crippen molar-refractivity contribution in [3.05, 3.63) is 48.3 Å². The zero-order chi connectivity index (χ0) is 11.8. The van der Waals surface area contributed by atoms with E-state index >= 15 is 0 Å². The van der Waals surface area contributed by atoms with E-state index in [0.29, 0.717) is 5.69 Å². The van der Waals surface area contributed by atoms with Crippen molar-refractivity contribution in [1.29, 1.82) is 0 Å². The van der Waals surface area contributed by atoms with Gasteiger partial charge in [0.05, 0.1) is 11.0 Å². The van der Waals surface area contributed by atoms with Crippen molar-refractivity contribution in [2.75, 3.05) is 0 Å². The van der Waals surface area contributed by atoms with Gasteiger partial charge in [0, 0.05) is 23.9 Å². The van der Waals surface area contributed by atoms with E-state index in [-0.39, 0.29) is 5.78 Å². The van der Waals surface area contributed by atoms with Crippen molar-refractivity contribution in [3.8, 4) is 0 Å². The highest BCUT2D eigenvalue weighted by molar-refractivity contribution is 6.05. The number of pyridine rings is 2. The molecule has 2 aromatic heterocycles. The first-order valence-electron chi connectivity index (χ1n) is 5.41. The molecule has 1 aromatic carbocycles. The molecule has 0 N–H and O–H groups in total. The summed E-state index contributed by atoms with van der Waals surface area (Å²) >= 11 is 0. The third-order valence-corrected chi connectivity index (χ3v) is 2.80. The maximum atomic E-state index is 11.3. The highest BCUT2D eigenvalue weighted by Crippen LogP contribution is 2.22. The van der Waals surface area contributed by atoms with E-state index in [1.54, 1.807) is 12.3 Å². The van der Waals surface area contributed by atoms with Crippen molar-refractivity contribution in [2.24, 2.45) is 0 Å². The standard InChI is InChI=1S/C14H10N2O/c1-9(17)12-6-4-10-5-7-13-11(14(10)16-12)3-2-8-15-13/h2-8H,1H3. The summed E-state index contributed by atoms with van der Waals surface area (Å²) in [4.78, 5) is 20.0. The van der Waals surface area contributed by atoms with Crippen LogP contribution in [0.2, 0.25) is 0 Å².